The SMILES string of the molecule is C#CC(C)NC1CS(=O)(=O)c2ccccc21. The van der Waals surface area contributed by atoms with Crippen LogP contribution in [-0.4, -0.2) is 20.2 Å². The average Bonchev–Trinajstić information content (AvgIpc) is 2.51. The van der Waals surface area contributed by atoms with E-state index in [0.29, 0.717) is 4.90 Å². The Labute approximate surface area is 95.8 Å². The lowest BCUT2D eigenvalue weighted by molar-refractivity contribution is 0.545. The fraction of sp³-hybridized carbons (Fsp3) is 0.333. The van der Waals surface area contributed by atoms with Gasteiger partial charge < -0.3 is 0 Å². The van der Waals surface area contributed by atoms with E-state index in [-0.39, 0.29) is 17.8 Å². The monoisotopic (exact) mass is 235 g/mol. The first kappa shape index (κ1) is 11.2. The van der Waals surface area contributed by atoms with Gasteiger partial charge in [-0.1, -0.05) is 24.1 Å². The standard InChI is InChI=1S/C12H13NO2S/c1-3-9(2)13-11-8-16(14,15)12-7-5-4-6-10(11)12/h1,4-7,9,11,13H,8H2,2H3. The molecule has 0 amide bonds. The predicted octanol–water partition coefficient (Wildman–Crippen LogP) is 1.13. The molecule has 0 saturated heterocycles. The molecule has 0 aliphatic carbocycles. The van der Waals surface area contributed by atoms with E-state index < -0.39 is 9.84 Å². The summed E-state index contributed by atoms with van der Waals surface area (Å²) < 4.78 is 23.7. The van der Waals surface area contributed by atoms with Crippen LogP contribution < -0.4 is 5.32 Å². The molecule has 3 nitrogen and oxygen atoms in total. The Morgan fingerprint density at radius 1 is 1.50 bits per heavy atom. The number of terminal acetylenes is 1. The van der Waals surface area contributed by atoms with E-state index in [1.165, 1.54) is 0 Å². The molecular formula is C12H13NO2S. The third-order valence-electron chi connectivity index (χ3n) is 2.72. The summed E-state index contributed by atoms with van der Waals surface area (Å²) in [5.41, 5.74) is 0.824. The van der Waals surface area contributed by atoms with E-state index in [1.807, 2.05) is 19.1 Å². The zero-order valence-corrected chi connectivity index (χ0v) is 9.79. The smallest absolute Gasteiger partial charge is 0.180 e. The van der Waals surface area contributed by atoms with E-state index in [2.05, 4.69) is 11.2 Å². The van der Waals surface area contributed by atoms with Gasteiger partial charge in [-0.05, 0) is 18.6 Å². The van der Waals surface area contributed by atoms with Crippen LogP contribution >= 0.6 is 0 Å². The maximum Gasteiger partial charge on any atom is 0.180 e. The molecule has 4 heteroatoms. The second-order valence-electron chi connectivity index (χ2n) is 3.93. The molecule has 1 aromatic rings. The van der Waals surface area contributed by atoms with Gasteiger partial charge in [0.15, 0.2) is 9.84 Å². The summed E-state index contributed by atoms with van der Waals surface area (Å²) in [7, 11) is -3.14. The molecule has 1 aliphatic rings. The van der Waals surface area contributed by atoms with Gasteiger partial charge in [0.1, 0.15) is 0 Å². The lowest BCUT2D eigenvalue weighted by atomic mass is 10.1. The first-order chi connectivity index (χ1) is 7.54. The van der Waals surface area contributed by atoms with Crippen LogP contribution in [0.25, 0.3) is 0 Å². The number of fused-ring (bicyclic) bond motifs is 1. The molecular weight excluding hydrogens is 222 g/mol. The van der Waals surface area contributed by atoms with Gasteiger partial charge in [0.05, 0.1) is 16.7 Å². The molecule has 1 aliphatic heterocycles. The first-order valence-corrected chi connectivity index (χ1v) is 6.73. The quantitative estimate of drug-likeness (QED) is 0.782. The minimum Gasteiger partial charge on any atom is -0.296 e. The molecule has 84 valence electrons. The predicted molar refractivity (Wildman–Crippen MR) is 62.7 cm³/mol. The van der Waals surface area contributed by atoms with Crippen LogP contribution in [-0.2, 0) is 9.84 Å². The molecule has 1 N–H and O–H groups in total. The second kappa shape index (κ2) is 3.93. The largest absolute Gasteiger partial charge is 0.296 e. The van der Waals surface area contributed by atoms with E-state index in [4.69, 9.17) is 6.42 Å². The van der Waals surface area contributed by atoms with Crippen molar-refractivity contribution < 1.29 is 8.42 Å². The summed E-state index contributed by atoms with van der Waals surface area (Å²) in [5.74, 6) is 2.64. The molecule has 0 radical (unpaired) electrons. The Morgan fingerprint density at radius 3 is 2.88 bits per heavy atom. The van der Waals surface area contributed by atoms with Gasteiger partial charge in [0.2, 0.25) is 0 Å². The van der Waals surface area contributed by atoms with Gasteiger partial charge in [-0.3, -0.25) is 5.32 Å². The maximum atomic E-state index is 11.8. The van der Waals surface area contributed by atoms with Crippen LogP contribution in [0.1, 0.15) is 18.5 Å². The number of nitrogens with one attached hydrogen (secondary N) is 1. The highest BCUT2D eigenvalue weighted by molar-refractivity contribution is 7.91. The number of sulfone groups is 1. The fourth-order valence-electron chi connectivity index (χ4n) is 1.94. The molecule has 0 aromatic heterocycles. The van der Waals surface area contributed by atoms with Gasteiger partial charge in [-0.15, -0.1) is 6.42 Å². The Kier molecular flexibility index (Phi) is 2.75. The van der Waals surface area contributed by atoms with Crippen LogP contribution in [0.5, 0.6) is 0 Å². The van der Waals surface area contributed by atoms with Crippen molar-refractivity contribution in [3.05, 3.63) is 29.8 Å². The Bertz CT molecular complexity index is 542. The Morgan fingerprint density at radius 2 is 2.19 bits per heavy atom. The number of benzene rings is 1. The summed E-state index contributed by atoms with van der Waals surface area (Å²) in [4.78, 5) is 0.428. The average molecular weight is 235 g/mol. The van der Waals surface area contributed by atoms with Crippen molar-refractivity contribution in [3.8, 4) is 12.3 Å². The van der Waals surface area contributed by atoms with Crippen LogP contribution in [0.2, 0.25) is 0 Å². The van der Waals surface area contributed by atoms with Crippen molar-refractivity contribution in [2.45, 2.75) is 23.9 Å². The Hall–Kier alpha value is -1.31. The molecule has 2 unspecified atom stereocenters. The molecule has 2 atom stereocenters. The van der Waals surface area contributed by atoms with Crippen LogP contribution in [0.3, 0.4) is 0 Å². The van der Waals surface area contributed by atoms with Gasteiger partial charge in [-0.2, -0.15) is 0 Å². The van der Waals surface area contributed by atoms with Crippen molar-refractivity contribution in [1.29, 1.82) is 0 Å². The van der Waals surface area contributed by atoms with Crippen molar-refractivity contribution in [2.75, 3.05) is 5.75 Å². The second-order valence-corrected chi connectivity index (χ2v) is 5.93. The lowest BCUT2D eigenvalue weighted by Crippen LogP contribution is -2.30. The van der Waals surface area contributed by atoms with Crippen molar-refractivity contribution in [1.82, 2.24) is 5.32 Å². The normalized spacial score (nSPS) is 23.4. The van der Waals surface area contributed by atoms with Gasteiger partial charge in [0, 0.05) is 6.04 Å². The molecule has 16 heavy (non-hydrogen) atoms. The molecule has 0 bridgehead atoms. The summed E-state index contributed by atoms with van der Waals surface area (Å²) in [6, 6.07) is 6.74. The zero-order valence-electron chi connectivity index (χ0n) is 8.97. The van der Waals surface area contributed by atoms with Crippen LogP contribution in [0, 0.1) is 12.3 Å². The summed E-state index contributed by atoms with van der Waals surface area (Å²) in [6.07, 6.45) is 5.28. The van der Waals surface area contributed by atoms with E-state index >= 15 is 0 Å². The van der Waals surface area contributed by atoms with Gasteiger partial charge >= 0.3 is 0 Å². The van der Waals surface area contributed by atoms with Crippen molar-refractivity contribution >= 4 is 9.84 Å². The summed E-state index contributed by atoms with van der Waals surface area (Å²) in [6.45, 7) is 1.84. The number of hydrogen-bond acceptors (Lipinski definition) is 3. The molecule has 1 heterocycles. The van der Waals surface area contributed by atoms with Gasteiger partial charge in [-0.25, -0.2) is 8.42 Å². The Balaban J connectivity index is 2.38. The molecule has 0 saturated carbocycles. The van der Waals surface area contributed by atoms with Crippen LogP contribution in [0.4, 0.5) is 0 Å². The topological polar surface area (TPSA) is 46.2 Å². The zero-order chi connectivity index (χ0) is 11.8. The van der Waals surface area contributed by atoms with E-state index in [1.54, 1.807) is 12.1 Å². The van der Waals surface area contributed by atoms with E-state index in [9.17, 15) is 8.42 Å². The van der Waals surface area contributed by atoms with Gasteiger partial charge in [0.25, 0.3) is 0 Å². The molecule has 1 aromatic carbocycles. The minimum absolute atomic E-state index is 0.0956. The highest BCUT2D eigenvalue weighted by Gasteiger charge is 2.34. The van der Waals surface area contributed by atoms with Crippen molar-refractivity contribution in [3.63, 3.8) is 0 Å². The summed E-state index contributed by atoms with van der Waals surface area (Å²) in [5, 5.41) is 3.13. The third-order valence-corrected chi connectivity index (χ3v) is 4.53. The van der Waals surface area contributed by atoms with Crippen molar-refractivity contribution in [2.24, 2.45) is 0 Å². The highest BCUT2D eigenvalue weighted by Crippen LogP contribution is 2.33. The molecule has 0 spiro atoms. The highest BCUT2D eigenvalue weighted by atomic mass is 32.2. The fourth-order valence-corrected chi connectivity index (χ4v) is 3.69. The number of rotatable bonds is 2. The molecule has 2 rings (SSSR count). The lowest BCUT2D eigenvalue weighted by Gasteiger charge is -2.14. The minimum atomic E-state index is -3.14. The summed E-state index contributed by atoms with van der Waals surface area (Å²) >= 11 is 0. The van der Waals surface area contributed by atoms with Crippen LogP contribution in [0.15, 0.2) is 29.2 Å². The molecule has 0 fully saturated rings. The maximum absolute atomic E-state index is 11.8. The van der Waals surface area contributed by atoms with E-state index in [0.717, 1.165) is 5.56 Å². The first-order valence-electron chi connectivity index (χ1n) is 5.08. The third kappa shape index (κ3) is 1.84. The number of hydrogen-bond donors (Lipinski definition) is 1.